The van der Waals surface area contributed by atoms with Gasteiger partial charge in [0.1, 0.15) is 0 Å². The molecule has 1 unspecified atom stereocenters. The standard InChI is InChI=1S/C5H9F2N.C2H6/c6-5(7)4-2-1-3-8-4;1-2/h4-5,8H,1-3H2;1-2H3. The van der Waals surface area contributed by atoms with Gasteiger partial charge in [-0.2, -0.15) is 0 Å². The van der Waals surface area contributed by atoms with E-state index >= 15 is 0 Å². The summed E-state index contributed by atoms with van der Waals surface area (Å²) in [6.07, 6.45) is -0.635. The third-order valence-corrected chi connectivity index (χ3v) is 1.40. The van der Waals surface area contributed by atoms with Gasteiger partial charge in [-0.1, -0.05) is 13.8 Å². The first-order valence-electron chi connectivity index (χ1n) is 3.82. The number of alkyl halides is 2. The van der Waals surface area contributed by atoms with E-state index in [1.54, 1.807) is 0 Å². The van der Waals surface area contributed by atoms with Gasteiger partial charge in [-0.3, -0.25) is 0 Å². The van der Waals surface area contributed by atoms with E-state index in [1.807, 2.05) is 13.8 Å². The Balaban J connectivity index is 0.000000371. The molecule has 1 aliphatic rings. The molecule has 1 rings (SSSR count). The van der Waals surface area contributed by atoms with Gasteiger partial charge in [0.2, 0.25) is 0 Å². The van der Waals surface area contributed by atoms with Crippen LogP contribution in [0.15, 0.2) is 0 Å². The fourth-order valence-corrected chi connectivity index (χ4v) is 0.927. The molecule has 1 N–H and O–H groups in total. The minimum Gasteiger partial charge on any atom is -0.309 e. The van der Waals surface area contributed by atoms with Gasteiger partial charge in [0.05, 0.1) is 6.04 Å². The molecule has 62 valence electrons. The number of hydrogen-bond acceptors (Lipinski definition) is 1. The molecule has 1 fully saturated rings. The van der Waals surface area contributed by atoms with Crippen LogP contribution >= 0.6 is 0 Å². The topological polar surface area (TPSA) is 12.0 Å². The van der Waals surface area contributed by atoms with Crippen molar-refractivity contribution >= 4 is 0 Å². The van der Waals surface area contributed by atoms with Crippen molar-refractivity contribution in [3.8, 4) is 0 Å². The van der Waals surface area contributed by atoms with Crippen LogP contribution in [0.2, 0.25) is 0 Å². The largest absolute Gasteiger partial charge is 0.309 e. The Hall–Kier alpha value is -0.180. The average molecular weight is 151 g/mol. The van der Waals surface area contributed by atoms with E-state index < -0.39 is 12.5 Å². The zero-order chi connectivity index (χ0) is 7.98. The molecule has 1 nitrogen and oxygen atoms in total. The van der Waals surface area contributed by atoms with Gasteiger partial charge >= 0.3 is 0 Å². The van der Waals surface area contributed by atoms with Crippen LogP contribution < -0.4 is 5.32 Å². The first-order valence-corrected chi connectivity index (χ1v) is 3.82. The monoisotopic (exact) mass is 151 g/mol. The van der Waals surface area contributed by atoms with Crippen LogP contribution in [0.3, 0.4) is 0 Å². The van der Waals surface area contributed by atoms with Crippen LogP contribution in [0.25, 0.3) is 0 Å². The van der Waals surface area contributed by atoms with Gasteiger partial charge in [-0.15, -0.1) is 0 Å². The van der Waals surface area contributed by atoms with Gasteiger partial charge < -0.3 is 5.32 Å². The van der Waals surface area contributed by atoms with E-state index in [2.05, 4.69) is 5.32 Å². The molecule has 0 aliphatic carbocycles. The predicted octanol–water partition coefficient (Wildman–Crippen LogP) is 2.03. The van der Waals surface area contributed by atoms with Crippen molar-refractivity contribution in [2.45, 2.75) is 39.2 Å². The molecule has 1 heterocycles. The third kappa shape index (κ3) is 3.11. The third-order valence-electron chi connectivity index (χ3n) is 1.40. The predicted molar refractivity (Wildman–Crippen MR) is 38.4 cm³/mol. The van der Waals surface area contributed by atoms with Crippen LogP contribution in [-0.4, -0.2) is 19.0 Å². The van der Waals surface area contributed by atoms with Crippen molar-refractivity contribution in [1.82, 2.24) is 5.32 Å². The molecule has 0 aromatic rings. The summed E-state index contributed by atoms with van der Waals surface area (Å²) >= 11 is 0. The van der Waals surface area contributed by atoms with E-state index in [0.717, 1.165) is 13.0 Å². The Bertz CT molecular complexity index is 70.0. The molecule has 0 spiro atoms. The fourth-order valence-electron chi connectivity index (χ4n) is 0.927. The van der Waals surface area contributed by atoms with Crippen LogP contribution in [0.1, 0.15) is 26.7 Å². The smallest absolute Gasteiger partial charge is 0.253 e. The van der Waals surface area contributed by atoms with Gasteiger partial charge in [0.15, 0.2) is 0 Å². The minimum atomic E-state index is -2.17. The maximum atomic E-state index is 11.7. The van der Waals surface area contributed by atoms with Crippen molar-refractivity contribution < 1.29 is 8.78 Å². The lowest BCUT2D eigenvalue weighted by Crippen LogP contribution is -2.28. The lowest BCUT2D eigenvalue weighted by Gasteiger charge is -2.05. The number of nitrogens with one attached hydrogen (secondary N) is 1. The van der Waals surface area contributed by atoms with Crippen LogP contribution in [-0.2, 0) is 0 Å². The van der Waals surface area contributed by atoms with E-state index in [4.69, 9.17) is 0 Å². The normalized spacial score (nSPS) is 24.3. The van der Waals surface area contributed by atoms with Gasteiger partial charge in [-0.05, 0) is 19.4 Å². The van der Waals surface area contributed by atoms with E-state index in [0.29, 0.717) is 6.42 Å². The summed E-state index contributed by atoms with van der Waals surface area (Å²) in [4.78, 5) is 0. The summed E-state index contributed by atoms with van der Waals surface area (Å²) in [7, 11) is 0. The molecule has 0 saturated carbocycles. The molecule has 0 aromatic carbocycles. The van der Waals surface area contributed by atoms with Crippen molar-refractivity contribution in [3.05, 3.63) is 0 Å². The van der Waals surface area contributed by atoms with Crippen molar-refractivity contribution in [2.75, 3.05) is 6.54 Å². The second-order valence-corrected chi connectivity index (χ2v) is 2.04. The van der Waals surface area contributed by atoms with Gasteiger partial charge in [0, 0.05) is 0 Å². The second-order valence-electron chi connectivity index (χ2n) is 2.04. The summed E-state index contributed by atoms with van der Waals surface area (Å²) in [5.74, 6) is 0. The molecular formula is C7H15F2N. The molecule has 0 radical (unpaired) electrons. The number of halogens is 2. The summed E-state index contributed by atoms with van der Waals surface area (Å²) in [6, 6.07) is -0.519. The average Bonchev–Trinajstić information content (AvgIpc) is 2.42. The summed E-state index contributed by atoms with van der Waals surface area (Å²) in [5, 5.41) is 2.71. The molecule has 0 bridgehead atoms. The Morgan fingerprint density at radius 2 is 2.00 bits per heavy atom. The first-order chi connectivity index (χ1) is 4.80. The zero-order valence-electron chi connectivity index (χ0n) is 6.53. The molecule has 1 aliphatic heterocycles. The van der Waals surface area contributed by atoms with Gasteiger partial charge in [0.25, 0.3) is 6.43 Å². The molecule has 10 heavy (non-hydrogen) atoms. The van der Waals surface area contributed by atoms with Crippen molar-refractivity contribution in [2.24, 2.45) is 0 Å². The summed E-state index contributed by atoms with van der Waals surface area (Å²) in [5.41, 5.74) is 0. The fraction of sp³-hybridized carbons (Fsp3) is 1.00. The number of hydrogen-bond donors (Lipinski definition) is 1. The summed E-state index contributed by atoms with van der Waals surface area (Å²) < 4.78 is 23.4. The lowest BCUT2D eigenvalue weighted by molar-refractivity contribution is 0.107. The summed E-state index contributed by atoms with van der Waals surface area (Å²) in [6.45, 7) is 4.76. The molecule has 1 saturated heterocycles. The minimum absolute atomic E-state index is 0.519. The Labute approximate surface area is 60.8 Å². The van der Waals surface area contributed by atoms with E-state index in [1.165, 1.54) is 0 Å². The quantitative estimate of drug-likeness (QED) is 0.604. The SMILES string of the molecule is CC.FC(F)C1CCCN1. The highest BCUT2D eigenvalue weighted by Crippen LogP contribution is 2.11. The van der Waals surface area contributed by atoms with E-state index in [-0.39, 0.29) is 0 Å². The molecule has 3 heteroatoms. The molecular weight excluding hydrogens is 136 g/mol. The van der Waals surface area contributed by atoms with Crippen molar-refractivity contribution in [1.29, 1.82) is 0 Å². The maximum absolute atomic E-state index is 11.7. The number of rotatable bonds is 1. The zero-order valence-corrected chi connectivity index (χ0v) is 6.53. The van der Waals surface area contributed by atoms with Gasteiger partial charge in [-0.25, -0.2) is 8.78 Å². The molecule has 0 amide bonds. The highest BCUT2D eigenvalue weighted by molar-refractivity contribution is 4.75. The Morgan fingerprint density at radius 1 is 1.40 bits per heavy atom. The van der Waals surface area contributed by atoms with Crippen molar-refractivity contribution in [3.63, 3.8) is 0 Å². The van der Waals surface area contributed by atoms with E-state index in [9.17, 15) is 8.78 Å². The Kier molecular flexibility index (Phi) is 5.49. The lowest BCUT2D eigenvalue weighted by atomic mass is 10.2. The maximum Gasteiger partial charge on any atom is 0.253 e. The highest BCUT2D eigenvalue weighted by atomic mass is 19.3. The highest BCUT2D eigenvalue weighted by Gasteiger charge is 2.22. The van der Waals surface area contributed by atoms with Crippen LogP contribution in [0, 0.1) is 0 Å². The first kappa shape index (κ1) is 9.82. The molecule has 1 atom stereocenters. The van der Waals surface area contributed by atoms with Crippen LogP contribution in [0.4, 0.5) is 8.78 Å². The van der Waals surface area contributed by atoms with Crippen LogP contribution in [0.5, 0.6) is 0 Å². The Morgan fingerprint density at radius 3 is 2.20 bits per heavy atom. The molecule has 0 aromatic heterocycles. The second kappa shape index (κ2) is 5.59.